The standard InChI is InChI=1S/C23H27N5O4S/c1-13-7-15(27-18(8-13)28-17-9-19(32-4)26-12-25-17)16-10-24-21(33-16)23(31)6-5-14(20(29)30)22(2,3)11-23/h7-10,12,14,31H,5-6,11H2,1-4H3,(H,29,30)(H,25,26,27,28)/t14-,23-/m0/s1. The molecular formula is C23H27N5O4S. The van der Waals surface area contributed by atoms with E-state index in [4.69, 9.17) is 9.72 Å². The van der Waals surface area contributed by atoms with Gasteiger partial charge in [-0.2, -0.15) is 0 Å². The Kier molecular flexibility index (Phi) is 6.06. The van der Waals surface area contributed by atoms with Crippen LogP contribution in [-0.4, -0.2) is 43.2 Å². The molecule has 10 heteroatoms. The smallest absolute Gasteiger partial charge is 0.307 e. The maximum absolute atomic E-state index is 11.6. The number of nitrogens with one attached hydrogen (secondary N) is 1. The Bertz CT molecular complexity index is 1180. The van der Waals surface area contributed by atoms with Gasteiger partial charge in [0, 0.05) is 12.3 Å². The Morgan fingerprint density at radius 3 is 2.70 bits per heavy atom. The first kappa shape index (κ1) is 23.1. The zero-order valence-electron chi connectivity index (χ0n) is 19.0. The minimum absolute atomic E-state index is 0.341. The van der Waals surface area contributed by atoms with E-state index in [9.17, 15) is 15.0 Å². The molecule has 1 fully saturated rings. The molecule has 174 valence electrons. The number of nitrogens with zero attached hydrogens (tertiary/aromatic N) is 4. The van der Waals surface area contributed by atoms with Crippen molar-refractivity contribution in [1.82, 2.24) is 19.9 Å². The van der Waals surface area contributed by atoms with Crippen molar-refractivity contribution in [2.45, 2.75) is 45.6 Å². The van der Waals surface area contributed by atoms with Gasteiger partial charge in [0.25, 0.3) is 0 Å². The SMILES string of the molecule is COc1cc(Nc2cc(C)cc(-c3cnc([C@]4(O)CC[C@@H](C(=O)O)C(C)(C)C4)s3)n2)ncn1. The van der Waals surface area contributed by atoms with Crippen LogP contribution in [0.3, 0.4) is 0 Å². The second kappa shape index (κ2) is 8.68. The molecule has 33 heavy (non-hydrogen) atoms. The zero-order valence-corrected chi connectivity index (χ0v) is 19.8. The number of anilines is 2. The number of thiazole rings is 1. The lowest BCUT2D eigenvalue weighted by Gasteiger charge is -2.44. The highest BCUT2D eigenvalue weighted by molar-refractivity contribution is 7.15. The van der Waals surface area contributed by atoms with E-state index in [2.05, 4.69) is 20.3 Å². The molecule has 0 spiro atoms. The van der Waals surface area contributed by atoms with E-state index in [1.165, 1.54) is 17.7 Å². The molecule has 3 aromatic rings. The van der Waals surface area contributed by atoms with Gasteiger partial charge >= 0.3 is 5.97 Å². The number of carboxylic acid groups (broad SMARTS) is 1. The van der Waals surface area contributed by atoms with Crippen molar-refractivity contribution in [3.63, 3.8) is 0 Å². The van der Waals surface area contributed by atoms with Crippen LogP contribution in [0.5, 0.6) is 5.88 Å². The van der Waals surface area contributed by atoms with Gasteiger partial charge in [-0.15, -0.1) is 11.3 Å². The Hall–Kier alpha value is -3.11. The number of carboxylic acids is 1. The molecule has 1 aliphatic rings. The third-order valence-corrected chi connectivity index (χ3v) is 7.28. The van der Waals surface area contributed by atoms with Crippen LogP contribution in [-0.2, 0) is 10.4 Å². The van der Waals surface area contributed by atoms with Crippen LogP contribution in [0.2, 0.25) is 0 Å². The molecule has 0 aromatic carbocycles. The van der Waals surface area contributed by atoms with Gasteiger partial charge in [-0.05, 0) is 49.3 Å². The fourth-order valence-corrected chi connectivity index (χ4v) is 5.49. The molecule has 0 bridgehead atoms. The van der Waals surface area contributed by atoms with E-state index in [0.717, 1.165) is 16.1 Å². The van der Waals surface area contributed by atoms with Crippen molar-refractivity contribution in [3.05, 3.63) is 41.3 Å². The number of methoxy groups -OCH3 is 1. The van der Waals surface area contributed by atoms with Gasteiger partial charge in [0.1, 0.15) is 28.6 Å². The monoisotopic (exact) mass is 469 g/mol. The van der Waals surface area contributed by atoms with Gasteiger partial charge in [-0.1, -0.05) is 13.8 Å². The maximum Gasteiger partial charge on any atom is 0.307 e. The highest BCUT2D eigenvalue weighted by Gasteiger charge is 2.49. The van der Waals surface area contributed by atoms with Crippen molar-refractivity contribution in [3.8, 4) is 16.5 Å². The molecule has 0 aliphatic heterocycles. The third-order valence-electron chi connectivity index (χ3n) is 6.07. The molecule has 1 saturated carbocycles. The number of pyridine rings is 1. The molecule has 2 atom stereocenters. The highest BCUT2D eigenvalue weighted by atomic mass is 32.1. The lowest BCUT2D eigenvalue weighted by Crippen LogP contribution is -2.44. The maximum atomic E-state index is 11.6. The molecule has 4 rings (SSSR count). The molecular weight excluding hydrogens is 442 g/mol. The fraction of sp³-hybridized carbons (Fsp3) is 0.435. The summed E-state index contributed by atoms with van der Waals surface area (Å²) in [5.74, 6) is 0.322. The summed E-state index contributed by atoms with van der Waals surface area (Å²) in [5.41, 5.74) is 0.0348. The van der Waals surface area contributed by atoms with Crippen molar-refractivity contribution in [2.75, 3.05) is 12.4 Å². The number of aromatic nitrogens is 4. The van der Waals surface area contributed by atoms with Gasteiger partial charge < -0.3 is 20.3 Å². The molecule has 3 aromatic heterocycles. The third kappa shape index (κ3) is 4.81. The Balaban J connectivity index is 1.59. The summed E-state index contributed by atoms with van der Waals surface area (Å²) in [7, 11) is 1.54. The Labute approximate surface area is 195 Å². The lowest BCUT2D eigenvalue weighted by molar-refractivity contribution is -0.154. The molecule has 9 nitrogen and oxygen atoms in total. The number of ether oxygens (including phenoxy) is 1. The molecule has 3 N–H and O–H groups in total. The minimum atomic E-state index is -1.15. The predicted molar refractivity (Wildman–Crippen MR) is 125 cm³/mol. The number of hydrogen-bond acceptors (Lipinski definition) is 9. The molecule has 0 amide bonds. The van der Waals surface area contributed by atoms with E-state index >= 15 is 0 Å². The summed E-state index contributed by atoms with van der Waals surface area (Å²) in [5, 5.41) is 24.7. The lowest BCUT2D eigenvalue weighted by atomic mass is 9.63. The number of aliphatic carboxylic acids is 1. The molecule has 1 aliphatic carbocycles. The summed E-state index contributed by atoms with van der Waals surface area (Å²) >= 11 is 1.39. The van der Waals surface area contributed by atoms with Crippen LogP contribution in [0.4, 0.5) is 11.6 Å². The van der Waals surface area contributed by atoms with E-state index in [1.54, 1.807) is 19.4 Å². The van der Waals surface area contributed by atoms with Gasteiger partial charge in [-0.3, -0.25) is 4.79 Å². The molecule has 0 unspecified atom stereocenters. The van der Waals surface area contributed by atoms with Crippen LogP contribution in [0, 0.1) is 18.3 Å². The fourth-order valence-electron chi connectivity index (χ4n) is 4.50. The Morgan fingerprint density at radius 2 is 2.00 bits per heavy atom. The van der Waals surface area contributed by atoms with E-state index in [-0.39, 0.29) is 0 Å². The second-order valence-corrected chi connectivity index (χ2v) is 10.2. The number of carbonyl (C=O) groups is 1. The van der Waals surface area contributed by atoms with Crippen LogP contribution < -0.4 is 10.1 Å². The van der Waals surface area contributed by atoms with Crippen molar-refractivity contribution < 1.29 is 19.7 Å². The zero-order chi connectivity index (χ0) is 23.8. The first-order valence-electron chi connectivity index (χ1n) is 10.6. The van der Waals surface area contributed by atoms with E-state index < -0.39 is 22.9 Å². The summed E-state index contributed by atoms with van der Waals surface area (Å²) in [6.07, 6.45) is 4.24. The van der Waals surface area contributed by atoms with Gasteiger partial charge in [-0.25, -0.2) is 19.9 Å². The average molecular weight is 470 g/mol. The molecule has 3 heterocycles. The minimum Gasteiger partial charge on any atom is -0.481 e. The predicted octanol–water partition coefficient (Wildman–Crippen LogP) is 4.15. The number of aryl methyl sites for hydroxylation is 1. The van der Waals surface area contributed by atoms with Crippen molar-refractivity contribution >= 4 is 28.9 Å². The number of rotatable bonds is 6. The summed E-state index contributed by atoms with van der Waals surface area (Å²) in [6.45, 7) is 5.77. The number of aliphatic hydroxyl groups is 1. The van der Waals surface area contributed by atoms with Crippen molar-refractivity contribution in [2.24, 2.45) is 11.3 Å². The summed E-state index contributed by atoms with van der Waals surface area (Å²) < 4.78 is 5.14. The Morgan fingerprint density at radius 1 is 1.21 bits per heavy atom. The van der Waals surface area contributed by atoms with Crippen LogP contribution >= 0.6 is 11.3 Å². The van der Waals surface area contributed by atoms with Gasteiger partial charge in [0.15, 0.2) is 0 Å². The summed E-state index contributed by atoms with van der Waals surface area (Å²) in [4.78, 5) is 29.8. The summed E-state index contributed by atoms with van der Waals surface area (Å²) in [6, 6.07) is 5.54. The normalized spacial score (nSPS) is 22.0. The van der Waals surface area contributed by atoms with Crippen LogP contribution in [0.15, 0.2) is 30.7 Å². The van der Waals surface area contributed by atoms with Crippen molar-refractivity contribution in [1.29, 1.82) is 0 Å². The highest BCUT2D eigenvalue weighted by Crippen LogP contribution is 2.50. The van der Waals surface area contributed by atoms with E-state index in [0.29, 0.717) is 41.8 Å². The second-order valence-electron chi connectivity index (χ2n) is 9.14. The van der Waals surface area contributed by atoms with Crippen LogP contribution in [0.25, 0.3) is 10.6 Å². The largest absolute Gasteiger partial charge is 0.481 e. The number of hydrogen-bond donors (Lipinski definition) is 3. The van der Waals surface area contributed by atoms with Crippen LogP contribution in [0.1, 0.15) is 43.7 Å². The topological polar surface area (TPSA) is 130 Å². The first-order chi connectivity index (χ1) is 15.6. The van der Waals surface area contributed by atoms with Gasteiger partial charge in [0.2, 0.25) is 5.88 Å². The van der Waals surface area contributed by atoms with E-state index in [1.807, 2.05) is 32.9 Å². The van der Waals surface area contributed by atoms with Gasteiger partial charge in [0.05, 0.1) is 23.6 Å². The molecule has 0 radical (unpaired) electrons. The average Bonchev–Trinajstić information content (AvgIpc) is 3.24. The quantitative estimate of drug-likeness (QED) is 0.487. The molecule has 0 saturated heterocycles. The first-order valence-corrected chi connectivity index (χ1v) is 11.4.